The van der Waals surface area contributed by atoms with E-state index in [0.717, 1.165) is 29.1 Å². The molecule has 11 heteroatoms. The maximum Gasteiger partial charge on any atom is 0.455 e. The molecule has 0 aromatic carbocycles. The van der Waals surface area contributed by atoms with Crippen molar-refractivity contribution in [1.82, 2.24) is 19.7 Å². The molecule has 162 valence electrons. The first-order valence-corrected chi connectivity index (χ1v) is 10.4. The van der Waals surface area contributed by atoms with E-state index >= 15 is 0 Å². The van der Waals surface area contributed by atoms with E-state index in [1.54, 1.807) is 12.3 Å². The van der Waals surface area contributed by atoms with E-state index in [2.05, 4.69) is 21.1 Å². The van der Waals surface area contributed by atoms with Gasteiger partial charge in [-0.1, -0.05) is 6.92 Å². The van der Waals surface area contributed by atoms with Crippen LogP contribution >= 0.6 is 11.8 Å². The Morgan fingerprint density at radius 1 is 1.13 bits per heavy atom. The topological polar surface area (TPSA) is 67.4 Å². The summed E-state index contributed by atoms with van der Waals surface area (Å²) in [7, 11) is 0. The summed E-state index contributed by atoms with van der Waals surface area (Å²) in [5, 5.41) is 13.5. The lowest BCUT2D eigenvalue weighted by Gasteiger charge is -2.19. The van der Waals surface area contributed by atoms with Crippen LogP contribution in [0.3, 0.4) is 0 Å². The number of aromatic nitrogens is 4. The SMILES string of the molecule is CCSc1cc(C2(C#N)CC2)cnc1-c1cc2cnn(CC(F)(F)C(F)(F)F)c2cn1. The first-order valence-electron chi connectivity index (χ1n) is 9.41. The van der Waals surface area contributed by atoms with Gasteiger partial charge in [-0.2, -0.15) is 32.3 Å². The molecule has 31 heavy (non-hydrogen) atoms. The lowest BCUT2D eigenvalue weighted by Crippen LogP contribution is -2.40. The standard InChI is InChI=1S/C20H16F5N5S/c1-2-31-16-6-13(18(10-26)3-4-18)8-28-17(16)14-5-12-7-29-30(15(12)9-27-14)11-19(21,22)20(23,24)25/h5-9H,2-4,11H2,1H3. The minimum Gasteiger partial charge on any atom is -0.257 e. The molecule has 5 nitrogen and oxygen atoms in total. The molecule has 3 heterocycles. The van der Waals surface area contributed by atoms with Gasteiger partial charge in [-0.3, -0.25) is 14.6 Å². The van der Waals surface area contributed by atoms with Crippen molar-refractivity contribution in [3.63, 3.8) is 0 Å². The highest BCUT2D eigenvalue weighted by Crippen LogP contribution is 2.48. The van der Waals surface area contributed by atoms with E-state index in [4.69, 9.17) is 0 Å². The predicted octanol–water partition coefficient (Wildman–Crippen LogP) is 5.36. The van der Waals surface area contributed by atoms with Crippen molar-refractivity contribution in [2.24, 2.45) is 0 Å². The van der Waals surface area contributed by atoms with E-state index in [-0.39, 0.29) is 5.52 Å². The molecule has 3 aromatic heterocycles. The third-order valence-electron chi connectivity index (χ3n) is 5.20. The summed E-state index contributed by atoms with van der Waals surface area (Å²) >= 11 is 1.53. The number of pyridine rings is 2. The number of hydrogen-bond acceptors (Lipinski definition) is 5. The summed E-state index contributed by atoms with van der Waals surface area (Å²) in [6, 6.07) is 5.82. The third kappa shape index (κ3) is 3.84. The lowest BCUT2D eigenvalue weighted by molar-refractivity contribution is -0.287. The normalized spacial score (nSPS) is 15.8. The number of alkyl halides is 5. The molecule has 0 N–H and O–H groups in total. The van der Waals surface area contributed by atoms with Crippen molar-refractivity contribution in [3.05, 3.63) is 36.3 Å². The molecular formula is C20H16F5N5S. The van der Waals surface area contributed by atoms with Crippen LogP contribution in [0.2, 0.25) is 0 Å². The van der Waals surface area contributed by atoms with Crippen LogP contribution < -0.4 is 0 Å². The summed E-state index contributed by atoms with van der Waals surface area (Å²) in [6.45, 7) is 0.348. The summed E-state index contributed by atoms with van der Waals surface area (Å²) < 4.78 is 65.1. The average Bonchev–Trinajstić information content (AvgIpc) is 3.43. The molecule has 0 unspecified atom stereocenters. The number of fused-ring (bicyclic) bond motifs is 1. The van der Waals surface area contributed by atoms with E-state index in [9.17, 15) is 27.2 Å². The Labute approximate surface area is 178 Å². The maximum atomic E-state index is 13.4. The van der Waals surface area contributed by atoms with Gasteiger partial charge in [0.2, 0.25) is 0 Å². The van der Waals surface area contributed by atoms with Gasteiger partial charge in [-0.05, 0) is 36.3 Å². The molecule has 0 radical (unpaired) electrons. The van der Waals surface area contributed by atoms with Crippen molar-refractivity contribution in [3.8, 4) is 17.5 Å². The number of halogens is 5. The van der Waals surface area contributed by atoms with Crippen LogP contribution in [0.25, 0.3) is 22.3 Å². The van der Waals surface area contributed by atoms with Crippen LogP contribution in [-0.2, 0) is 12.0 Å². The summed E-state index contributed by atoms with van der Waals surface area (Å²) in [6.07, 6.45) is -0.0105. The lowest BCUT2D eigenvalue weighted by atomic mass is 9.99. The predicted molar refractivity (Wildman–Crippen MR) is 105 cm³/mol. The molecule has 0 aliphatic heterocycles. The molecule has 1 fully saturated rings. The summed E-state index contributed by atoms with van der Waals surface area (Å²) in [5.74, 6) is -4.16. The summed E-state index contributed by atoms with van der Waals surface area (Å²) in [5.41, 5.74) is 1.42. The Bertz CT molecular complexity index is 1180. The van der Waals surface area contributed by atoms with Gasteiger partial charge in [-0.15, -0.1) is 11.8 Å². The monoisotopic (exact) mass is 453 g/mol. The Kier molecular flexibility index (Phi) is 5.16. The molecule has 3 aromatic rings. The van der Waals surface area contributed by atoms with Gasteiger partial charge in [0.15, 0.2) is 0 Å². The molecule has 0 saturated heterocycles. The molecule has 0 spiro atoms. The molecule has 1 saturated carbocycles. The van der Waals surface area contributed by atoms with Crippen LogP contribution in [0.15, 0.2) is 35.6 Å². The quantitative estimate of drug-likeness (QED) is 0.371. The fraction of sp³-hybridized carbons (Fsp3) is 0.400. The van der Waals surface area contributed by atoms with Gasteiger partial charge >= 0.3 is 12.1 Å². The molecule has 0 amide bonds. The van der Waals surface area contributed by atoms with Gasteiger partial charge in [0.25, 0.3) is 0 Å². The van der Waals surface area contributed by atoms with Gasteiger partial charge in [0.05, 0.1) is 35.1 Å². The minimum absolute atomic E-state index is 0.0652. The van der Waals surface area contributed by atoms with Crippen LogP contribution in [0, 0.1) is 11.3 Å². The maximum absolute atomic E-state index is 13.4. The number of hydrogen-bond donors (Lipinski definition) is 0. The van der Waals surface area contributed by atoms with E-state index < -0.39 is 24.1 Å². The average molecular weight is 453 g/mol. The second-order valence-corrected chi connectivity index (χ2v) is 8.64. The van der Waals surface area contributed by atoms with Gasteiger partial charge in [0, 0.05) is 16.5 Å². The number of rotatable bonds is 6. The Hall–Kier alpha value is -2.74. The zero-order valence-electron chi connectivity index (χ0n) is 16.2. The van der Waals surface area contributed by atoms with E-state index in [1.807, 2.05) is 13.0 Å². The zero-order chi connectivity index (χ0) is 22.4. The van der Waals surface area contributed by atoms with Gasteiger partial charge in [-0.25, -0.2) is 0 Å². The first-order chi connectivity index (χ1) is 14.6. The highest BCUT2D eigenvalue weighted by atomic mass is 32.2. The number of nitrogens with zero attached hydrogens (tertiary/aromatic N) is 5. The second-order valence-electron chi connectivity index (χ2n) is 7.33. The minimum atomic E-state index is -5.67. The van der Waals surface area contributed by atoms with Crippen LogP contribution in [0.5, 0.6) is 0 Å². The largest absolute Gasteiger partial charge is 0.455 e. The van der Waals surface area contributed by atoms with Gasteiger partial charge in [0.1, 0.15) is 12.2 Å². The smallest absolute Gasteiger partial charge is 0.257 e. The third-order valence-corrected chi connectivity index (χ3v) is 6.11. The van der Waals surface area contributed by atoms with Crippen molar-refractivity contribution in [1.29, 1.82) is 5.26 Å². The fourth-order valence-electron chi connectivity index (χ4n) is 3.26. The Morgan fingerprint density at radius 2 is 1.87 bits per heavy atom. The van der Waals surface area contributed by atoms with Gasteiger partial charge < -0.3 is 0 Å². The molecule has 4 rings (SSSR count). The Balaban J connectivity index is 1.70. The van der Waals surface area contributed by atoms with Crippen LogP contribution in [0.1, 0.15) is 25.3 Å². The van der Waals surface area contributed by atoms with E-state index in [1.165, 1.54) is 24.2 Å². The highest BCUT2D eigenvalue weighted by Gasteiger charge is 2.57. The van der Waals surface area contributed by atoms with Crippen molar-refractivity contribution in [2.75, 3.05) is 5.75 Å². The molecule has 0 bridgehead atoms. The van der Waals surface area contributed by atoms with Crippen LogP contribution in [0.4, 0.5) is 22.0 Å². The number of nitriles is 1. The van der Waals surface area contributed by atoms with Crippen LogP contribution in [-0.4, -0.2) is 37.6 Å². The Morgan fingerprint density at radius 3 is 2.48 bits per heavy atom. The van der Waals surface area contributed by atoms with Crippen molar-refractivity contribution in [2.45, 2.75) is 48.7 Å². The first kappa shape index (κ1) is 21.5. The summed E-state index contributed by atoms with van der Waals surface area (Å²) in [4.78, 5) is 9.57. The zero-order valence-corrected chi connectivity index (χ0v) is 17.1. The molecule has 1 aliphatic carbocycles. The highest BCUT2D eigenvalue weighted by molar-refractivity contribution is 7.99. The second kappa shape index (κ2) is 7.44. The van der Waals surface area contributed by atoms with Crippen molar-refractivity contribution < 1.29 is 22.0 Å². The molecule has 0 atom stereocenters. The molecule has 1 aliphatic rings. The molecular weight excluding hydrogens is 437 g/mol. The van der Waals surface area contributed by atoms with E-state index in [0.29, 0.717) is 21.5 Å². The van der Waals surface area contributed by atoms with Crippen molar-refractivity contribution >= 4 is 22.7 Å². The fourth-order valence-corrected chi connectivity index (χ4v) is 4.08. The number of thioether (sulfide) groups is 1.